The van der Waals surface area contributed by atoms with Crippen molar-refractivity contribution in [2.75, 3.05) is 38.2 Å². The first kappa shape index (κ1) is 18.5. The van der Waals surface area contributed by atoms with Crippen LogP contribution < -0.4 is 14.4 Å². The van der Waals surface area contributed by atoms with E-state index >= 15 is 0 Å². The number of carbonyl (C=O) groups excluding carboxylic acids is 1. The van der Waals surface area contributed by atoms with E-state index in [1.165, 1.54) is 0 Å². The van der Waals surface area contributed by atoms with Crippen LogP contribution in [0.5, 0.6) is 11.5 Å². The number of para-hydroxylation sites is 1. The molecule has 0 spiro atoms. The van der Waals surface area contributed by atoms with Crippen molar-refractivity contribution in [3.8, 4) is 22.8 Å². The highest BCUT2D eigenvalue weighted by molar-refractivity contribution is 5.96. The summed E-state index contributed by atoms with van der Waals surface area (Å²) in [7, 11) is 3.56. The summed E-state index contributed by atoms with van der Waals surface area (Å²) < 4.78 is 13.0. The molecule has 0 saturated carbocycles. The van der Waals surface area contributed by atoms with Crippen LogP contribution in [0.1, 0.15) is 16.1 Å². The highest BCUT2D eigenvalue weighted by Crippen LogP contribution is 2.38. The Hall–Kier alpha value is -3.48. The minimum atomic E-state index is -0.0277. The number of aryl methyl sites for hydroxylation is 1. The zero-order valence-electron chi connectivity index (χ0n) is 17.2. The summed E-state index contributed by atoms with van der Waals surface area (Å²) in [6.45, 7) is 3.21. The van der Waals surface area contributed by atoms with Crippen LogP contribution in [0.3, 0.4) is 0 Å². The number of rotatable bonds is 3. The molecule has 0 radical (unpaired) electrons. The van der Waals surface area contributed by atoms with Gasteiger partial charge in [0.25, 0.3) is 5.91 Å². The van der Waals surface area contributed by atoms with E-state index in [4.69, 9.17) is 9.47 Å². The van der Waals surface area contributed by atoms with Gasteiger partial charge in [0.05, 0.1) is 12.8 Å². The molecule has 154 valence electrons. The summed E-state index contributed by atoms with van der Waals surface area (Å²) in [5.74, 6) is 1.64. The quantitative estimate of drug-likeness (QED) is 0.672. The van der Waals surface area contributed by atoms with Gasteiger partial charge in [-0.15, -0.1) is 0 Å². The van der Waals surface area contributed by atoms with Gasteiger partial charge in [0.1, 0.15) is 18.1 Å². The number of hydrogen-bond donors (Lipinski definition) is 0. The Bertz CT molecular complexity index is 1100. The molecule has 1 amide bonds. The van der Waals surface area contributed by atoms with Crippen LogP contribution in [0, 0.1) is 0 Å². The molecular formula is C23H24N4O3. The number of amides is 1. The molecule has 0 N–H and O–H groups in total. The number of ether oxygens (including phenoxy) is 2. The number of anilines is 1. The van der Waals surface area contributed by atoms with Gasteiger partial charge in [0.15, 0.2) is 5.69 Å². The van der Waals surface area contributed by atoms with Crippen molar-refractivity contribution in [3.05, 3.63) is 59.8 Å². The van der Waals surface area contributed by atoms with Gasteiger partial charge in [-0.3, -0.25) is 9.48 Å². The van der Waals surface area contributed by atoms with Gasteiger partial charge in [0, 0.05) is 56.1 Å². The fourth-order valence-electron chi connectivity index (χ4n) is 4.28. The number of methoxy groups -OCH3 is 1. The van der Waals surface area contributed by atoms with E-state index < -0.39 is 0 Å². The van der Waals surface area contributed by atoms with Crippen molar-refractivity contribution in [1.29, 1.82) is 0 Å². The second-order valence-corrected chi connectivity index (χ2v) is 7.56. The topological polar surface area (TPSA) is 59.8 Å². The molecule has 0 bridgehead atoms. The summed E-state index contributed by atoms with van der Waals surface area (Å²) in [5, 5.41) is 4.58. The van der Waals surface area contributed by atoms with Gasteiger partial charge >= 0.3 is 0 Å². The third kappa shape index (κ3) is 3.07. The molecule has 2 aliphatic rings. The zero-order valence-corrected chi connectivity index (χ0v) is 17.2. The number of hydrogen-bond acceptors (Lipinski definition) is 5. The van der Waals surface area contributed by atoms with Gasteiger partial charge in [-0.1, -0.05) is 18.2 Å². The van der Waals surface area contributed by atoms with Gasteiger partial charge in [-0.25, -0.2) is 0 Å². The van der Waals surface area contributed by atoms with Crippen LogP contribution in [-0.4, -0.2) is 53.9 Å². The fourth-order valence-corrected chi connectivity index (χ4v) is 4.28. The maximum Gasteiger partial charge on any atom is 0.274 e. The molecule has 7 nitrogen and oxygen atoms in total. The van der Waals surface area contributed by atoms with E-state index in [0.717, 1.165) is 47.1 Å². The maximum atomic E-state index is 13.3. The van der Waals surface area contributed by atoms with E-state index in [1.807, 2.05) is 54.4 Å². The predicted octanol–water partition coefficient (Wildman–Crippen LogP) is 2.95. The Balaban J connectivity index is 1.35. The summed E-state index contributed by atoms with van der Waals surface area (Å²) in [6.07, 6.45) is 0. The third-order valence-electron chi connectivity index (χ3n) is 5.85. The second-order valence-electron chi connectivity index (χ2n) is 7.56. The summed E-state index contributed by atoms with van der Waals surface area (Å²) in [5.41, 5.74) is 4.43. The number of piperazine rings is 1. The molecule has 1 fully saturated rings. The predicted molar refractivity (Wildman–Crippen MR) is 114 cm³/mol. The van der Waals surface area contributed by atoms with E-state index in [1.54, 1.807) is 11.8 Å². The smallest absolute Gasteiger partial charge is 0.274 e. The van der Waals surface area contributed by atoms with Crippen LogP contribution in [0.4, 0.5) is 5.69 Å². The average Bonchev–Trinajstić information content (AvgIpc) is 3.15. The van der Waals surface area contributed by atoms with E-state index in [9.17, 15) is 4.79 Å². The van der Waals surface area contributed by atoms with Crippen LogP contribution in [-0.2, 0) is 13.7 Å². The molecule has 1 aromatic heterocycles. The molecule has 1 saturated heterocycles. The molecule has 3 aromatic rings. The Kier molecular flexibility index (Phi) is 4.58. The van der Waals surface area contributed by atoms with Gasteiger partial charge in [0.2, 0.25) is 0 Å². The normalized spacial score (nSPS) is 15.3. The lowest BCUT2D eigenvalue weighted by atomic mass is 10.0. The number of carbonyl (C=O) groups is 1. The Morgan fingerprint density at radius 2 is 1.87 bits per heavy atom. The van der Waals surface area contributed by atoms with Crippen molar-refractivity contribution >= 4 is 11.6 Å². The number of benzene rings is 2. The molecule has 0 unspecified atom stereocenters. The summed E-state index contributed by atoms with van der Waals surface area (Å²) >= 11 is 0. The highest BCUT2D eigenvalue weighted by Gasteiger charge is 2.31. The maximum absolute atomic E-state index is 13.3. The van der Waals surface area contributed by atoms with E-state index in [-0.39, 0.29) is 5.91 Å². The largest absolute Gasteiger partial charge is 0.497 e. The van der Waals surface area contributed by atoms with Crippen LogP contribution in [0.15, 0.2) is 48.5 Å². The number of aromatic nitrogens is 2. The van der Waals surface area contributed by atoms with Crippen molar-refractivity contribution in [3.63, 3.8) is 0 Å². The van der Waals surface area contributed by atoms with Crippen molar-refractivity contribution in [2.24, 2.45) is 7.05 Å². The Morgan fingerprint density at radius 3 is 2.67 bits per heavy atom. The first-order valence-electron chi connectivity index (χ1n) is 10.1. The zero-order chi connectivity index (χ0) is 20.7. The molecular weight excluding hydrogens is 380 g/mol. The van der Waals surface area contributed by atoms with Crippen LogP contribution in [0.2, 0.25) is 0 Å². The second kappa shape index (κ2) is 7.40. The van der Waals surface area contributed by atoms with Gasteiger partial charge in [-0.05, 0) is 24.3 Å². The third-order valence-corrected chi connectivity index (χ3v) is 5.85. The van der Waals surface area contributed by atoms with Crippen LogP contribution >= 0.6 is 0 Å². The molecule has 2 aliphatic heterocycles. The van der Waals surface area contributed by atoms with E-state index in [0.29, 0.717) is 25.4 Å². The molecule has 5 rings (SSSR count). The molecule has 0 aliphatic carbocycles. The lowest BCUT2D eigenvalue weighted by Gasteiger charge is -2.36. The first-order valence-corrected chi connectivity index (χ1v) is 10.1. The van der Waals surface area contributed by atoms with Gasteiger partial charge < -0.3 is 19.3 Å². The minimum Gasteiger partial charge on any atom is -0.497 e. The number of nitrogens with zero attached hydrogens (tertiary/aromatic N) is 4. The Morgan fingerprint density at radius 1 is 1.07 bits per heavy atom. The molecule has 2 aromatic carbocycles. The van der Waals surface area contributed by atoms with Crippen molar-refractivity contribution < 1.29 is 14.3 Å². The molecule has 7 heteroatoms. The van der Waals surface area contributed by atoms with E-state index in [2.05, 4.69) is 16.1 Å². The summed E-state index contributed by atoms with van der Waals surface area (Å²) in [6, 6.07) is 15.9. The summed E-state index contributed by atoms with van der Waals surface area (Å²) in [4.78, 5) is 17.5. The SMILES string of the molecule is COc1cccc(N2CCN(C(=O)c3nn(C)c4c3COc3ccccc3-4)CC2)c1. The van der Waals surface area contributed by atoms with Crippen molar-refractivity contribution in [1.82, 2.24) is 14.7 Å². The molecule has 30 heavy (non-hydrogen) atoms. The molecule has 3 heterocycles. The first-order chi connectivity index (χ1) is 14.7. The monoisotopic (exact) mass is 404 g/mol. The Labute approximate surface area is 175 Å². The molecule has 0 atom stereocenters. The minimum absolute atomic E-state index is 0.0277. The standard InChI is InChI=1S/C23H24N4O3/c1-25-22-18-8-3-4-9-20(18)30-15-19(22)21(24-25)23(28)27-12-10-26(11-13-27)16-6-5-7-17(14-16)29-2/h3-9,14H,10-13,15H2,1-2H3. The average molecular weight is 404 g/mol. The van der Waals surface area contributed by atoms with Crippen LogP contribution in [0.25, 0.3) is 11.3 Å². The van der Waals surface area contributed by atoms with Gasteiger partial charge in [-0.2, -0.15) is 5.10 Å². The fraction of sp³-hybridized carbons (Fsp3) is 0.304. The lowest BCUT2D eigenvalue weighted by molar-refractivity contribution is 0.0737. The number of fused-ring (bicyclic) bond motifs is 3. The highest BCUT2D eigenvalue weighted by atomic mass is 16.5. The van der Waals surface area contributed by atoms with Crippen molar-refractivity contribution in [2.45, 2.75) is 6.61 Å². The lowest BCUT2D eigenvalue weighted by Crippen LogP contribution is -2.49.